The standard InChI is InChI=1S/C20H20N2O3S2/c1-14-22-19(13-26-14)16-8-6-15(7-9-16)10-11-21-20(23)17-4-3-5-18(12-17)27(2,24)25/h3-9,12-13H,10-11H2,1-2H3,(H,21,23). The molecule has 140 valence electrons. The van der Waals surface area contributed by atoms with Crippen LogP contribution in [0.25, 0.3) is 11.3 Å². The topological polar surface area (TPSA) is 76.1 Å². The molecule has 3 rings (SSSR count). The van der Waals surface area contributed by atoms with E-state index < -0.39 is 9.84 Å². The van der Waals surface area contributed by atoms with Crippen LogP contribution in [0.2, 0.25) is 0 Å². The maximum atomic E-state index is 12.2. The van der Waals surface area contributed by atoms with Crippen LogP contribution in [-0.2, 0) is 16.3 Å². The Labute approximate surface area is 163 Å². The van der Waals surface area contributed by atoms with Crippen LogP contribution in [-0.4, -0.2) is 32.1 Å². The van der Waals surface area contributed by atoms with E-state index in [0.29, 0.717) is 18.5 Å². The van der Waals surface area contributed by atoms with Crippen molar-refractivity contribution in [3.63, 3.8) is 0 Å². The zero-order valence-electron chi connectivity index (χ0n) is 15.1. The summed E-state index contributed by atoms with van der Waals surface area (Å²) >= 11 is 1.62. The average molecular weight is 401 g/mol. The summed E-state index contributed by atoms with van der Waals surface area (Å²) in [6.45, 7) is 2.45. The predicted molar refractivity (Wildman–Crippen MR) is 108 cm³/mol. The summed E-state index contributed by atoms with van der Waals surface area (Å²) in [4.78, 5) is 16.9. The molecule has 1 N–H and O–H groups in total. The lowest BCUT2D eigenvalue weighted by atomic mass is 10.1. The van der Waals surface area contributed by atoms with E-state index in [1.807, 2.05) is 36.6 Å². The molecule has 0 aliphatic carbocycles. The van der Waals surface area contributed by atoms with Crippen LogP contribution in [0.3, 0.4) is 0 Å². The molecule has 3 aromatic rings. The number of nitrogens with one attached hydrogen (secondary N) is 1. The van der Waals surface area contributed by atoms with Gasteiger partial charge in [-0.3, -0.25) is 4.79 Å². The number of carbonyl (C=O) groups is 1. The third-order valence-electron chi connectivity index (χ3n) is 4.09. The highest BCUT2D eigenvalue weighted by Crippen LogP contribution is 2.21. The first-order valence-corrected chi connectivity index (χ1v) is 11.2. The van der Waals surface area contributed by atoms with Gasteiger partial charge in [0.15, 0.2) is 9.84 Å². The zero-order valence-corrected chi connectivity index (χ0v) is 16.7. The van der Waals surface area contributed by atoms with Gasteiger partial charge in [-0.15, -0.1) is 11.3 Å². The Morgan fingerprint density at radius 3 is 2.52 bits per heavy atom. The first kappa shape index (κ1) is 19.3. The van der Waals surface area contributed by atoms with E-state index in [1.165, 1.54) is 12.1 Å². The number of aromatic nitrogens is 1. The molecule has 7 heteroatoms. The van der Waals surface area contributed by atoms with Crippen LogP contribution in [0, 0.1) is 6.92 Å². The molecule has 0 unspecified atom stereocenters. The molecule has 5 nitrogen and oxygen atoms in total. The fourth-order valence-electron chi connectivity index (χ4n) is 2.63. The third kappa shape index (κ3) is 5.02. The summed E-state index contributed by atoms with van der Waals surface area (Å²) < 4.78 is 23.2. The van der Waals surface area contributed by atoms with Crippen molar-refractivity contribution in [3.05, 3.63) is 70.0 Å². The van der Waals surface area contributed by atoms with Gasteiger partial charge in [0.25, 0.3) is 5.91 Å². The van der Waals surface area contributed by atoms with E-state index in [4.69, 9.17) is 0 Å². The lowest BCUT2D eigenvalue weighted by Gasteiger charge is -2.07. The van der Waals surface area contributed by atoms with Crippen LogP contribution in [0.4, 0.5) is 0 Å². The molecule has 27 heavy (non-hydrogen) atoms. The molecule has 0 saturated carbocycles. The number of amides is 1. The summed E-state index contributed by atoms with van der Waals surface area (Å²) in [6.07, 6.45) is 1.81. The van der Waals surface area contributed by atoms with Crippen molar-refractivity contribution in [3.8, 4) is 11.3 Å². The van der Waals surface area contributed by atoms with Gasteiger partial charge in [-0.1, -0.05) is 30.3 Å². The van der Waals surface area contributed by atoms with Crippen molar-refractivity contribution < 1.29 is 13.2 Å². The number of hydrogen-bond donors (Lipinski definition) is 1. The number of sulfone groups is 1. The fraction of sp³-hybridized carbons (Fsp3) is 0.200. The molecule has 0 aliphatic heterocycles. The number of nitrogens with zero attached hydrogens (tertiary/aromatic N) is 1. The van der Waals surface area contributed by atoms with Crippen molar-refractivity contribution in [1.82, 2.24) is 10.3 Å². The molecule has 0 spiro atoms. The van der Waals surface area contributed by atoms with Gasteiger partial charge in [-0.25, -0.2) is 13.4 Å². The Bertz CT molecular complexity index is 1050. The van der Waals surface area contributed by atoms with E-state index in [2.05, 4.69) is 10.3 Å². The Morgan fingerprint density at radius 2 is 1.89 bits per heavy atom. The van der Waals surface area contributed by atoms with Gasteiger partial charge in [-0.05, 0) is 37.1 Å². The number of aryl methyl sites for hydroxylation is 1. The van der Waals surface area contributed by atoms with Gasteiger partial charge in [0.05, 0.1) is 15.6 Å². The molecular formula is C20H20N2O3S2. The van der Waals surface area contributed by atoms with Gasteiger partial charge in [0, 0.05) is 29.3 Å². The summed E-state index contributed by atoms with van der Waals surface area (Å²) in [5, 5.41) is 5.91. The lowest BCUT2D eigenvalue weighted by Crippen LogP contribution is -2.25. The summed E-state index contributed by atoms with van der Waals surface area (Å²) in [7, 11) is -3.33. The normalized spacial score (nSPS) is 11.3. The van der Waals surface area contributed by atoms with Crippen molar-refractivity contribution >= 4 is 27.1 Å². The Balaban J connectivity index is 1.57. The van der Waals surface area contributed by atoms with Crippen molar-refractivity contribution in [1.29, 1.82) is 0 Å². The SMILES string of the molecule is Cc1nc(-c2ccc(CCNC(=O)c3cccc(S(C)(=O)=O)c3)cc2)cs1. The van der Waals surface area contributed by atoms with Crippen molar-refractivity contribution in [2.24, 2.45) is 0 Å². The fourth-order valence-corrected chi connectivity index (χ4v) is 3.92. The van der Waals surface area contributed by atoms with E-state index in [0.717, 1.165) is 28.1 Å². The number of benzene rings is 2. The van der Waals surface area contributed by atoms with Crippen LogP contribution < -0.4 is 5.32 Å². The Hall–Kier alpha value is -2.51. The molecule has 0 bridgehead atoms. The molecule has 0 fully saturated rings. The average Bonchev–Trinajstić information content (AvgIpc) is 3.08. The maximum absolute atomic E-state index is 12.2. The van der Waals surface area contributed by atoms with Crippen LogP contribution in [0.5, 0.6) is 0 Å². The summed E-state index contributed by atoms with van der Waals surface area (Å²) in [5.41, 5.74) is 3.50. The zero-order chi connectivity index (χ0) is 19.4. The highest BCUT2D eigenvalue weighted by atomic mass is 32.2. The van der Waals surface area contributed by atoms with E-state index in [-0.39, 0.29) is 10.8 Å². The predicted octanol–water partition coefficient (Wildman–Crippen LogP) is 3.49. The van der Waals surface area contributed by atoms with Gasteiger partial charge in [0.2, 0.25) is 0 Å². The first-order chi connectivity index (χ1) is 12.8. The largest absolute Gasteiger partial charge is 0.352 e. The highest BCUT2D eigenvalue weighted by molar-refractivity contribution is 7.90. The monoisotopic (exact) mass is 400 g/mol. The molecule has 0 atom stereocenters. The van der Waals surface area contributed by atoms with E-state index >= 15 is 0 Å². The highest BCUT2D eigenvalue weighted by Gasteiger charge is 2.11. The maximum Gasteiger partial charge on any atom is 0.251 e. The second-order valence-electron chi connectivity index (χ2n) is 6.25. The summed E-state index contributed by atoms with van der Waals surface area (Å²) in [5.74, 6) is -0.282. The molecule has 1 amide bonds. The molecule has 0 saturated heterocycles. The molecule has 1 heterocycles. The number of rotatable bonds is 6. The Morgan fingerprint density at radius 1 is 1.15 bits per heavy atom. The molecule has 0 radical (unpaired) electrons. The van der Waals surface area contributed by atoms with Crippen molar-refractivity contribution in [2.45, 2.75) is 18.2 Å². The van der Waals surface area contributed by atoms with Gasteiger partial charge < -0.3 is 5.32 Å². The minimum atomic E-state index is -3.33. The molecular weight excluding hydrogens is 380 g/mol. The summed E-state index contributed by atoms with van der Waals surface area (Å²) in [6, 6.07) is 14.2. The van der Waals surface area contributed by atoms with E-state index in [1.54, 1.807) is 23.5 Å². The minimum absolute atomic E-state index is 0.142. The molecule has 2 aromatic carbocycles. The second kappa shape index (κ2) is 8.02. The van der Waals surface area contributed by atoms with Gasteiger partial charge in [-0.2, -0.15) is 0 Å². The smallest absolute Gasteiger partial charge is 0.251 e. The van der Waals surface area contributed by atoms with Gasteiger partial charge in [0.1, 0.15) is 0 Å². The van der Waals surface area contributed by atoms with Crippen LogP contribution >= 0.6 is 11.3 Å². The lowest BCUT2D eigenvalue weighted by molar-refractivity contribution is 0.0954. The molecule has 1 aromatic heterocycles. The Kier molecular flexibility index (Phi) is 5.72. The number of hydrogen-bond acceptors (Lipinski definition) is 5. The quantitative estimate of drug-likeness (QED) is 0.687. The first-order valence-electron chi connectivity index (χ1n) is 8.43. The van der Waals surface area contributed by atoms with E-state index in [9.17, 15) is 13.2 Å². The van der Waals surface area contributed by atoms with Crippen LogP contribution in [0.15, 0.2) is 58.8 Å². The van der Waals surface area contributed by atoms with Crippen molar-refractivity contribution in [2.75, 3.05) is 12.8 Å². The number of thiazole rings is 1. The third-order valence-corrected chi connectivity index (χ3v) is 5.98. The number of carbonyl (C=O) groups excluding carboxylic acids is 1. The molecule has 0 aliphatic rings. The van der Waals surface area contributed by atoms with Gasteiger partial charge >= 0.3 is 0 Å². The minimum Gasteiger partial charge on any atom is -0.352 e. The van der Waals surface area contributed by atoms with Crippen LogP contribution in [0.1, 0.15) is 20.9 Å². The second-order valence-corrected chi connectivity index (χ2v) is 9.33.